The number of Topliss-reactive ketones (excluding diaryl/α,β-unsaturated/α-hetero) is 1. The van der Waals surface area contributed by atoms with E-state index in [1.54, 1.807) is 6.20 Å². The van der Waals surface area contributed by atoms with Crippen molar-refractivity contribution in [2.75, 3.05) is 0 Å². The monoisotopic (exact) mass is 245 g/mol. The van der Waals surface area contributed by atoms with Gasteiger partial charge in [0.2, 0.25) is 0 Å². The SMILES string of the molecule is Cc1cc(C)c(C(=O)Cc2nccs2)c(C)c1. The van der Waals surface area contributed by atoms with Crippen LogP contribution in [0.15, 0.2) is 23.7 Å². The van der Waals surface area contributed by atoms with Crippen molar-refractivity contribution in [2.24, 2.45) is 0 Å². The molecule has 0 unspecified atom stereocenters. The quantitative estimate of drug-likeness (QED) is 0.775. The molecule has 0 saturated carbocycles. The molecule has 0 bridgehead atoms. The standard InChI is InChI=1S/C14H15NOS/c1-9-6-10(2)14(11(3)7-9)12(16)8-13-15-4-5-17-13/h4-7H,8H2,1-3H3. The number of aryl methyl sites for hydroxylation is 3. The summed E-state index contributed by atoms with van der Waals surface area (Å²) in [4.78, 5) is 16.4. The van der Waals surface area contributed by atoms with Crippen molar-refractivity contribution in [3.63, 3.8) is 0 Å². The van der Waals surface area contributed by atoms with E-state index in [0.29, 0.717) is 6.42 Å². The lowest BCUT2D eigenvalue weighted by molar-refractivity contribution is 0.0992. The number of ketones is 1. The van der Waals surface area contributed by atoms with Gasteiger partial charge in [0.1, 0.15) is 5.01 Å². The largest absolute Gasteiger partial charge is 0.294 e. The molecule has 0 aliphatic heterocycles. The summed E-state index contributed by atoms with van der Waals surface area (Å²) in [7, 11) is 0. The number of aromatic nitrogens is 1. The van der Waals surface area contributed by atoms with Gasteiger partial charge in [0.25, 0.3) is 0 Å². The number of hydrogen-bond donors (Lipinski definition) is 0. The Balaban J connectivity index is 2.31. The fourth-order valence-corrected chi connectivity index (χ4v) is 2.80. The molecular formula is C14H15NOS. The maximum Gasteiger partial charge on any atom is 0.170 e. The summed E-state index contributed by atoms with van der Waals surface area (Å²) in [6.07, 6.45) is 2.14. The molecule has 0 saturated heterocycles. The Bertz CT molecular complexity index is 520. The highest BCUT2D eigenvalue weighted by molar-refractivity contribution is 7.09. The highest BCUT2D eigenvalue weighted by Crippen LogP contribution is 2.19. The molecule has 2 nitrogen and oxygen atoms in total. The number of nitrogens with zero attached hydrogens (tertiary/aromatic N) is 1. The van der Waals surface area contributed by atoms with E-state index in [1.165, 1.54) is 16.9 Å². The lowest BCUT2D eigenvalue weighted by atomic mass is 9.95. The summed E-state index contributed by atoms with van der Waals surface area (Å²) >= 11 is 1.53. The lowest BCUT2D eigenvalue weighted by Gasteiger charge is -2.09. The molecule has 0 N–H and O–H groups in total. The molecule has 2 aromatic rings. The Kier molecular flexibility index (Phi) is 3.38. The molecule has 0 spiro atoms. The summed E-state index contributed by atoms with van der Waals surface area (Å²) in [5, 5.41) is 2.78. The number of thiazole rings is 1. The van der Waals surface area contributed by atoms with Gasteiger partial charge in [-0.1, -0.05) is 17.7 Å². The van der Waals surface area contributed by atoms with Gasteiger partial charge in [-0.3, -0.25) is 4.79 Å². The molecule has 0 atom stereocenters. The summed E-state index contributed by atoms with van der Waals surface area (Å²) in [6, 6.07) is 4.12. The molecule has 1 aromatic carbocycles. The van der Waals surface area contributed by atoms with Crippen LogP contribution in [0, 0.1) is 20.8 Å². The van der Waals surface area contributed by atoms with E-state index in [2.05, 4.69) is 24.0 Å². The Labute approximate surface area is 105 Å². The summed E-state index contributed by atoms with van der Waals surface area (Å²) < 4.78 is 0. The second-order valence-electron chi connectivity index (χ2n) is 4.30. The number of rotatable bonds is 3. The number of carbonyl (C=O) groups excluding carboxylic acids is 1. The average molecular weight is 245 g/mol. The average Bonchev–Trinajstić information content (AvgIpc) is 2.68. The first kappa shape index (κ1) is 12.0. The molecule has 0 aliphatic rings. The zero-order valence-corrected chi connectivity index (χ0v) is 11.1. The molecule has 17 heavy (non-hydrogen) atoms. The van der Waals surface area contributed by atoms with Crippen LogP contribution >= 0.6 is 11.3 Å². The highest BCUT2D eigenvalue weighted by atomic mass is 32.1. The van der Waals surface area contributed by atoms with Crippen molar-refractivity contribution in [3.8, 4) is 0 Å². The van der Waals surface area contributed by atoms with Crippen LogP contribution in [0.4, 0.5) is 0 Å². The Morgan fingerprint density at radius 1 is 1.24 bits per heavy atom. The minimum atomic E-state index is 0.162. The molecule has 0 aliphatic carbocycles. The third kappa shape index (κ3) is 2.61. The third-order valence-corrected chi connectivity index (χ3v) is 3.53. The van der Waals surface area contributed by atoms with Crippen molar-refractivity contribution in [2.45, 2.75) is 27.2 Å². The first-order chi connectivity index (χ1) is 8.08. The second-order valence-corrected chi connectivity index (χ2v) is 5.28. The smallest absolute Gasteiger partial charge is 0.170 e. The first-order valence-electron chi connectivity index (χ1n) is 5.57. The number of benzene rings is 1. The molecule has 0 fully saturated rings. The van der Waals surface area contributed by atoms with E-state index in [4.69, 9.17) is 0 Å². The van der Waals surface area contributed by atoms with E-state index in [0.717, 1.165) is 21.7 Å². The lowest BCUT2D eigenvalue weighted by Crippen LogP contribution is -2.08. The van der Waals surface area contributed by atoms with Crippen LogP contribution in [0.5, 0.6) is 0 Å². The van der Waals surface area contributed by atoms with Crippen LogP contribution in [0.2, 0.25) is 0 Å². The van der Waals surface area contributed by atoms with Crippen LogP contribution in [0.3, 0.4) is 0 Å². The van der Waals surface area contributed by atoms with E-state index in [-0.39, 0.29) is 5.78 Å². The molecule has 3 heteroatoms. The fraction of sp³-hybridized carbons (Fsp3) is 0.286. The summed E-state index contributed by atoms with van der Waals surface area (Å²) in [5.41, 5.74) is 4.17. The van der Waals surface area contributed by atoms with Crippen molar-refractivity contribution in [3.05, 3.63) is 51.0 Å². The van der Waals surface area contributed by atoms with Crippen molar-refractivity contribution in [1.29, 1.82) is 0 Å². The predicted octanol–water partition coefficient (Wildman–Crippen LogP) is 3.49. The molecule has 2 rings (SSSR count). The van der Waals surface area contributed by atoms with Gasteiger partial charge in [0.05, 0.1) is 6.42 Å². The first-order valence-corrected chi connectivity index (χ1v) is 6.45. The van der Waals surface area contributed by atoms with Crippen molar-refractivity contribution >= 4 is 17.1 Å². The van der Waals surface area contributed by atoms with Gasteiger partial charge in [-0.05, 0) is 31.9 Å². The van der Waals surface area contributed by atoms with Gasteiger partial charge in [-0.15, -0.1) is 11.3 Å². The van der Waals surface area contributed by atoms with E-state index >= 15 is 0 Å². The summed E-state index contributed by atoms with van der Waals surface area (Å²) in [6.45, 7) is 6.04. The molecular weight excluding hydrogens is 230 g/mol. The molecule has 88 valence electrons. The van der Waals surface area contributed by atoms with Crippen LogP contribution in [0.1, 0.15) is 32.1 Å². The third-order valence-electron chi connectivity index (χ3n) is 2.75. The zero-order chi connectivity index (χ0) is 12.4. The molecule has 0 amide bonds. The Morgan fingerprint density at radius 3 is 2.41 bits per heavy atom. The van der Waals surface area contributed by atoms with Crippen LogP contribution in [-0.4, -0.2) is 10.8 Å². The summed E-state index contributed by atoms with van der Waals surface area (Å²) in [5.74, 6) is 0.162. The van der Waals surface area contributed by atoms with Gasteiger partial charge in [-0.25, -0.2) is 4.98 Å². The highest BCUT2D eigenvalue weighted by Gasteiger charge is 2.14. The van der Waals surface area contributed by atoms with Crippen molar-refractivity contribution in [1.82, 2.24) is 4.98 Å². The maximum atomic E-state index is 12.2. The van der Waals surface area contributed by atoms with Gasteiger partial charge >= 0.3 is 0 Å². The molecule has 1 aromatic heterocycles. The topological polar surface area (TPSA) is 30.0 Å². The van der Waals surface area contributed by atoms with Gasteiger partial charge < -0.3 is 0 Å². The minimum absolute atomic E-state index is 0.162. The van der Waals surface area contributed by atoms with Gasteiger partial charge in [0.15, 0.2) is 5.78 Å². The van der Waals surface area contributed by atoms with Crippen LogP contribution in [0.25, 0.3) is 0 Å². The number of carbonyl (C=O) groups is 1. The predicted molar refractivity (Wildman–Crippen MR) is 70.8 cm³/mol. The van der Waals surface area contributed by atoms with Gasteiger partial charge in [0, 0.05) is 17.1 Å². The van der Waals surface area contributed by atoms with Gasteiger partial charge in [-0.2, -0.15) is 0 Å². The van der Waals surface area contributed by atoms with E-state index in [9.17, 15) is 4.79 Å². The Hall–Kier alpha value is -1.48. The molecule has 1 heterocycles. The molecule has 0 radical (unpaired) electrons. The van der Waals surface area contributed by atoms with Crippen molar-refractivity contribution < 1.29 is 4.79 Å². The maximum absolute atomic E-state index is 12.2. The van der Waals surface area contributed by atoms with E-state index < -0.39 is 0 Å². The number of hydrogen-bond acceptors (Lipinski definition) is 3. The normalized spacial score (nSPS) is 10.5. The zero-order valence-electron chi connectivity index (χ0n) is 10.3. The Morgan fingerprint density at radius 2 is 1.88 bits per heavy atom. The minimum Gasteiger partial charge on any atom is -0.294 e. The van der Waals surface area contributed by atoms with Crippen LogP contribution in [-0.2, 0) is 6.42 Å². The second kappa shape index (κ2) is 4.80. The fourth-order valence-electron chi connectivity index (χ4n) is 2.19. The van der Waals surface area contributed by atoms with E-state index in [1.807, 2.05) is 19.2 Å². The van der Waals surface area contributed by atoms with Crippen LogP contribution < -0.4 is 0 Å².